The quantitative estimate of drug-likeness (QED) is 0.816. The Hall–Kier alpha value is -1.55. The predicted octanol–water partition coefficient (Wildman–Crippen LogP) is 3.83. The van der Waals surface area contributed by atoms with Crippen molar-refractivity contribution in [3.8, 4) is 0 Å². The summed E-state index contributed by atoms with van der Waals surface area (Å²) in [6.45, 7) is 1.74. The van der Waals surface area contributed by atoms with E-state index in [0.29, 0.717) is 32.4 Å². The molecule has 0 radical (unpaired) electrons. The minimum atomic E-state index is -4.62. The van der Waals surface area contributed by atoms with Crippen molar-refractivity contribution in [3.63, 3.8) is 0 Å². The zero-order chi connectivity index (χ0) is 17.5. The molecule has 1 fully saturated rings. The first-order valence-electron chi connectivity index (χ1n) is 7.16. The Morgan fingerprint density at radius 2 is 1.79 bits per heavy atom. The van der Waals surface area contributed by atoms with E-state index in [0.717, 1.165) is 11.3 Å². The molecule has 0 atom stereocenters. The van der Waals surface area contributed by atoms with E-state index in [1.165, 1.54) is 6.07 Å². The maximum Gasteiger partial charge on any atom is 0.419 e. The summed E-state index contributed by atoms with van der Waals surface area (Å²) in [5, 5.41) is 3.18. The summed E-state index contributed by atoms with van der Waals surface area (Å²) < 4.78 is 77.8. The maximum absolute atomic E-state index is 13.4. The second-order valence-corrected chi connectivity index (χ2v) is 6.59. The number of anilines is 1. The first kappa shape index (κ1) is 17.3. The molecule has 0 amide bonds. The van der Waals surface area contributed by atoms with E-state index in [1.54, 1.807) is 4.90 Å². The van der Waals surface area contributed by atoms with Crippen LogP contribution >= 0.6 is 11.3 Å². The average Bonchev–Trinajstić information content (AvgIpc) is 2.86. The zero-order valence-electron chi connectivity index (χ0n) is 12.3. The SMILES string of the molecule is FC(F)(F)Cc1cc2c(N3CCNCC3)c(C(F)(F)F)cnc2s1. The highest BCUT2D eigenvalue weighted by atomic mass is 32.1. The van der Waals surface area contributed by atoms with E-state index >= 15 is 0 Å². The van der Waals surface area contributed by atoms with Crippen molar-refractivity contribution >= 4 is 27.2 Å². The normalized spacial score (nSPS) is 16.8. The molecule has 3 rings (SSSR count). The summed E-state index contributed by atoms with van der Waals surface area (Å²) in [4.78, 5) is 5.46. The van der Waals surface area contributed by atoms with Crippen LogP contribution in [0.2, 0.25) is 0 Å². The van der Waals surface area contributed by atoms with Crippen LogP contribution in [0, 0.1) is 0 Å². The Morgan fingerprint density at radius 1 is 1.12 bits per heavy atom. The lowest BCUT2D eigenvalue weighted by molar-refractivity contribution is -0.137. The van der Waals surface area contributed by atoms with E-state index in [9.17, 15) is 26.3 Å². The van der Waals surface area contributed by atoms with Crippen LogP contribution in [0.3, 0.4) is 0 Å². The summed E-state index contributed by atoms with van der Waals surface area (Å²) in [6, 6.07) is 1.19. The highest BCUT2D eigenvalue weighted by Crippen LogP contribution is 2.43. The van der Waals surface area contributed by atoms with Crippen molar-refractivity contribution in [1.29, 1.82) is 0 Å². The lowest BCUT2D eigenvalue weighted by Crippen LogP contribution is -2.44. The van der Waals surface area contributed by atoms with Crippen molar-refractivity contribution in [3.05, 3.63) is 22.7 Å². The van der Waals surface area contributed by atoms with Crippen LogP contribution in [0.4, 0.5) is 32.0 Å². The number of thiophene rings is 1. The van der Waals surface area contributed by atoms with Gasteiger partial charge in [0.05, 0.1) is 17.7 Å². The minimum Gasteiger partial charge on any atom is -0.368 e. The van der Waals surface area contributed by atoms with Gasteiger partial charge in [0, 0.05) is 42.6 Å². The first-order chi connectivity index (χ1) is 11.1. The second-order valence-electron chi connectivity index (χ2n) is 5.48. The fourth-order valence-corrected chi connectivity index (χ4v) is 3.78. The van der Waals surface area contributed by atoms with Gasteiger partial charge in [-0.2, -0.15) is 26.3 Å². The number of pyridine rings is 1. The summed E-state index contributed by atoms with van der Waals surface area (Å²) >= 11 is 0.781. The van der Waals surface area contributed by atoms with Gasteiger partial charge in [-0.3, -0.25) is 0 Å². The molecule has 1 N–H and O–H groups in total. The van der Waals surface area contributed by atoms with E-state index < -0.39 is 24.3 Å². The van der Waals surface area contributed by atoms with E-state index in [-0.39, 0.29) is 20.8 Å². The standard InChI is InChI=1S/C14H13F6N3S/c15-13(16,17)6-8-5-9-11(23-3-1-21-2-4-23)10(14(18,19)20)7-22-12(9)24-8/h5,7,21H,1-4,6H2. The molecule has 0 saturated carbocycles. The highest BCUT2D eigenvalue weighted by Gasteiger charge is 2.37. The van der Waals surface area contributed by atoms with Crippen molar-refractivity contribution in [2.24, 2.45) is 0 Å². The number of piperazine rings is 1. The molecule has 10 heteroatoms. The average molecular weight is 369 g/mol. The molecular formula is C14H13F6N3S. The summed E-state index contributed by atoms with van der Waals surface area (Å²) in [5.74, 6) is 0. The topological polar surface area (TPSA) is 28.2 Å². The Balaban J connectivity index is 2.14. The minimum absolute atomic E-state index is 0.0410. The van der Waals surface area contributed by atoms with Gasteiger partial charge in [0.25, 0.3) is 0 Å². The fraction of sp³-hybridized carbons (Fsp3) is 0.500. The van der Waals surface area contributed by atoms with Gasteiger partial charge in [0.1, 0.15) is 4.83 Å². The van der Waals surface area contributed by atoms with Gasteiger partial charge in [-0.25, -0.2) is 4.98 Å². The van der Waals surface area contributed by atoms with Crippen LogP contribution in [0.25, 0.3) is 10.2 Å². The van der Waals surface area contributed by atoms with Crippen molar-refractivity contribution < 1.29 is 26.3 Å². The van der Waals surface area contributed by atoms with Gasteiger partial charge in [0.2, 0.25) is 0 Å². The Kier molecular flexibility index (Phi) is 4.37. The van der Waals surface area contributed by atoms with E-state index in [1.807, 2.05) is 0 Å². The lowest BCUT2D eigenvalue weighted by Gasteiger charge is -2.31. The molecule has 3 heterocycles. The number of nitrogens with one attached hydrogen (secondary N) is 1. The van der Waals surface area contributed by atoms with Crippen LogP contribution in [0.15, 0.2) is 12.3 Å². The third-order valence-corrected chi connectivity index (χ3v) is 4.74. The third kappa shape index (κ3) is 3.59. The smallest absolute Gasteiger partial charge is 0.368 e. The Bertz CT molecular complexity index is 730. The fourth-order valence-electron chi connectivity index (χ4n) is 2.75. The van der Waals surface area contributed by atoms with E-state index in [4.69, 9.17) is 0 Å². The van der Waals surface area contributed by atoms with Gasteiger partial charge in [0.15, 0.2) is 0 Å². The Morgan fingerprint density at radius 3 is 2.38 bits per heavy atom. The largest absolute Gasteiger partial charge is 0.419 e. The molecule has 2 aromatic rings. The molecule has 0 aliphatic carbocycles. The Labute approximate surface area is 137 Å². The number of fused-ring (bicyclic) bond motifs is 1. The lowest BCUT2D eigenvalue weighted by atomic mass is 10.1. The maximum atomic E-state index is 13.4. The molecule has 0 aromatic carbocycles. The number of hydrogen-bond donors (Lipinski definition) is 1. The summed E-state index contributed by atoms with van der Waals surface area (Å²) in [5.41, 5.74) is -0.980. The highest BCUT2D eigenvalue weighted by molar-refractivity contribution is 7.18. The molecular weight excluding hydrogens is 356 g/mol. The molecule has 1 saturated heterocycles. The van der Waals surface area contributed by atoms with Crippen LogP contribution in [0.5, 0.6) is 0 Å². The van der Waals surface area contributed by atoms with Crippen molar-refractivity contribution in [1.82, 2.24) is 10.3 Å². The summed E-state index contributed by atoms with van der Waals surface area (Å²) in [7, 11) is 0. The van der Waals surface area contributed by atoms with Gasteiger partial charge in [-0.05, 0) is 6.07 Å². The van der Waals surface area contributed by atoms with Crippen LogP contribution in [0.1, 0.15) is 10.4 Å². The number of hydrogen-bond acceptors (Lipinski definition) is 4. The number of alkyl halides is 6. The second kappa shape index (κ2) is 6.07. The molecule has 2 aromatic heterocycles. The summed E-state index contributed by atoms with van der Waals surface area (Å²) in [6.07, 6.45) is -9.49. The molecule has 0 bridgehead atoms. The first-order valence-corrected chi connectivity index (χ1v) is 7.98. The molecule has 132 valence electrons. The molecule has 1 aliphatic rings. The molecule has 0 spiro atoms. The monoisotopic (exact) mass is 369 g/mol. The zero-order valence-corrected chi connectivity index (χ0v) is 13.1. The molecule has 24 heavy (non-hydrogen) atoms. The van der Waals surface area contributed by atoms with Gasteiger partial charge >= 0.3 is 12.4 Å². The van der Waals surface area contributed by atoms with Gasteiger partial charge in [-0.1, -0.05) is 0 Å². The molecule has 0 unspecified atom stereocenters. The predicted molar refractivity (Wildman–Crippen MR) is 79.5 cm³/mol. The number of nitrogens with zero attached hydrogens (tertiary/aromatic N) is 2. The number of halogens is 6. The third-order valence-electron chi connectivity index (χ3n) is 3.70. The number of rotatable bonds is 2. The van der Waals surface area contributed by atoms with Crippen LogP contribution in [-0.2, 0) is 12.6 Å². The molecule has 3 nitrogen and oxygen atoms in total. The van der Waals surface area contributed by atoms with Crippen molar-refractivity contribution in [2.75, 3.05) is 31.1 Å². The van der Waals surface area contributed by atoms with Gasteiger partial charge < -0.3 is 10.2 Å². The molecule has 1 aliphatic heterocycles. The van der Waals surface area contributed by atoms with Crippen LogP contribution in [-0.4, -0.2) is 37.3 Å². The number of aromatic nitrogens is 1. The van der Waals surface area contributed by atoms with E-state index in [2.05, 4.69) is 10.3 Å². The van der Waals surface area contributed by atoms with Gasteiger partial charge in [-0.15, -0.1) is 11.3 Å². The van der Waals surface area contributed by atoms with Crippen molar-refractivity contribution in [2.45, 2.75) is 18.8 Å². The van der Waals surface area contributed by atoms with Crippen LogP contribution < -0.4 is 10.2 Å².